The highest BCUT2D eigenvalue weighted by Gasteiger charge is 2.33. The summed E-state index contributed by atoms with van der Waals surface area (Å²) in [5, 5.41) is 0. The Morgan fingerprint density at radius 1 is 1.33 bits per heavy atom. The fourth-order valence-corrected chi connectivity index (χ4v) is 0.864. The Bertz CT molecular complexity index is 339. The van der Waals surface area contributed by atoms with Crippen molar-refractivity contribution in [2.24, 2.45) is 5.73 Å². The number of rotatable bonds is 1. The Labute approximate surface area is 90.3 Å². The van der Waals surface area contributed by atoms with Gasteiger partial charge in [0.1, 0.15) is 5.69 Å². The lowest BCUT2D eigenvalue weighted by Gasteiger charge is -2.10. The highest BCUT2D eigenvalue weighted by atomic mass is 35.5. The van der Waals surface area contributed by atoms with Crippen LogP contribution in [0, 0.1) is 0 Å². The molecule has 0 saturated carbocycles. The Morgan fingerprint density at radius 3 is 2.27 bits per heavy atom. The number of alkyl halides is 3. The van der Waals surface area contributed by atoms with E-state index in [-0.39, 0.29) is 18.1 Å². The summed E-state index contributed by atoms with van der Waals surface area (Å²) in [7, 11) is 0. The lowest BCUT2D eigenvalue weighted by atomic mass is 10.2. The van der Waals surface area contributed by atoms with E-state index >= 15 is 0 Å². The van der Waals surface area contributed by atoms with Gasteiger partial charge in [-0.1, -0.05) is 0 Å². The van der Waals surface area contributed by atoms with Gasteiger partial charge in [0.2, 0.25) is 5.95 Å². The number of anilines is 1. The van der Waals surface area contributed by atoms with Crippen molar-refractivity contribution in [2.45, 2.75) is 19.1 Å². The molecule has 4 N–H and O–H groups in total. The Hall–Kier alpha value is -1.08. The zero-order valence-electron chi connectivity index (χ0n) is 7.75. The fourth-order valence-electron chi connectivity index (χ4n) is 0.864. The average Bonchev–Trinajstić information content (AvgIpc) is 2.01. The third kappa shape index (κ3) is 3.52. The molecule has 1 aromatic heterocycles. The van der Waals surface area contributed by atoms with E-state index in [1.165, 1.54) is 6.92 Å². The van der Waals surface area contributed by atoms with Gasteiger partial charge in [-0.25, -0.2) is 9.97 Å². The Balaban J connectivity index is 0.00000196. The van der Waals surface area contributed by atoms with Crippen LogP contribution in [-0.4, -0.2) is 9.97 Å². The molecule has 1 atom stereocenters. The van der Waals surface area contributed by atoms with Crippen molar-refractivity contribution in [1.82, 2.24) is 9.97 Å². The molecule has 0 unspecified atom stereocenters. The molecule has 0 fully saturated rings. The molecule has 0 bridgehead atoms. The van der Waals surface area contributed by atoms with Crippen LogP contribution in [0.5, 0.6) is 0 Å². The van der Waals surface area contributed by atoms with Crippen LogP contribution in [0.2, 0.25) is 0 Å². The minimum atomic E-state index is -4.53. The summed E-state index contributed by atoms with van der Waals surface area (Å²) in [5.41, 5.74) is 9.50. The summed E-state index contributed by atoms with van der Waals surface area (Å²) in [4.78, 5) is 6.66. The van der Waals surface area contributed by atoms with Gasteiger partial charge in [0, 0.05) is 6.04 Å². The van der Waals surface area contributed by atoms with Crippen molar-refractivity contribution in [3.05, 3.63) is 17.5 Å². The van der Waals surface area contributed by atoms with Gasteiger partial charge in [0.25, 0.3) is 0 Å². The first-order valence-electron chi connectivity index (χ1n) is 3.78. The van der Waals surface area contributed by atoms with Crippen molar-refractivity contribution in [3.8, 4) is 0 Å². The van der Waals surface area contributed by atoms with Gasteiger partial charge in [-0.3, -0.25) is 0 Å². The smallest absolute Gasteiger partial charge is 0.368 e. The van der Waals surface area contributed by atoms with E-state index in [1.807, 2.05) is 0 Å². The maximum atomic E-state index is 12.2. The highest BCUT2D eigenvalue weighted by Crippen LogP contribution is 2.28. The van der Waals surface area contributed by atoms with Gasteiger partial charge in [-0.05, 0) is 13.0 Å². The van der Waals surface area contributed by atoms with Crippen LogP contribution < -0.4 is 11.5 Å². The largest absolute Gasteiger partial charge is 0.433 e. The van der Waals surface area contributed by atoms with Crippen molar-refractivity contribution >= 4 is 18.4 Å². The second-order valence-electron chi connectivity index (χ2n) is 2.82. The molecular formula is C7H10ClF3N4. The number of nitrogen functional groups attached to an aromatic ring is 1. The maximum absolute atomic E-state index is 12.2. The van der Waals surface area contributed by atoms with Crippen LogP contribution in [0.3, 0.4) is 0 Å². The van der Waals surface area contributed by atoms with Gasteiger partial charge in [0.15, 0.2) is 0 Å². The third-order valence-corrected chi connectivity index (χ3v) is 1.52. The van der Waals surface area contributed by atoms with E-state index in [2.05, 4.69) is 9.97 Å². The zero-order valence-corrected chi connectivity index (χ0v) is 8.56. The molecular weight excluding hydrogens is 233 g/mol. The first-order chi connectivity index (χ1) is 6.30. The molecule has 4 nitrogen and oxygen atoms in total. The van der Waals surface area contributed by atoms with E-state index in [1.54, 1.807) is 0 Å². The first-order valence-corrected chi connectivity index (χ1v) is 3.78. The molecule has 0 amide bonds. The minimum absolute atomic E-state index is 0. The minimum Gasteiger partial charge on any atom is -0.368 e. The lowest BCUT2D eigenvalue weighted by molar-refractivity contribution is -0.141. The number of halogens is 4. The molecule has 1 aromatic rings. The standard InChI is InChI=1S/C7H9F3N4.ClH/c1-3(11)4-2-5(7(8,9)10)14-6(12)13-4;/h2-3H,11H2,1H3,(H2,12,13,14);1H/t3-;/m1./s1. The number of nitrogens with two attached hydrogens (primary N) is 2. The average molecular weight is 243 g/mol. The van der Waals surface area contributed by atoms with Crippen molar-refractivity contribution in [3.63, 3.8) is 0 Å². The summed E-state index contributed by atoms with van der Waals surface area (Å²) in [6.07, 6.45) is -4.53. The Morgan fingerprint density at radius 2 is 1.87 bits per heavy atom. The molecule has 1 rings (SSSR count). The summed E-state index contributed by atoms with van der Waals surface area (Å²) >= 11 is 0. The number of hydrogen-bond donors (Lipinski definition) is 2. The zero-order chi connectivity index (χ0) is 10.9. The van der Waals surface area contributed by atoms with Gasteiger partial charge >= 0.3 is 6.18 Å². The topological polar surface area (TPSA) is 77.8 Å². The summed E-state index contributed by atoms with van der Waals surface area (Å²) in [6, 6.07) is 0.183. The molecule has 86 valence electrons. The van der Waals surface area contributed by atoms with Crippen LogP contribution in [0.25, 0.3) is 0 Å². The van der Waals surface area contributed by atoms with Crippen LogP contribution >= 0.6 is 12.4 Å². The predicted molar refractivity (Wildman–Crippen MR) is 51.3 cm³/mol. The summed E-state index contributed by atoms with van der Waals surface area (Å²) in [5.74, 6) is -0.424. The normalized spacial score (nSPS) is 13.1. The van der Waals surface area contributed by atoms with Crippen LogP contribution in [0.4, 0.5) is 19.1 Å². The third-order valence-electron chi connectivity index (χ3n) is 1.52. The van der Waals surface area contributed by atoms with Crippen LogP contribution in [0.15, 0.2) is 6.07 Å². The number of hydrogen-bond acceptors (Lipinski definition) is 4. The van der Waals surface area contributed by atoms with Gasteiger partial charge in [-0.2, -0.15) is 13.2 Å². The van der Waals surface area contributed by atoms with E-state index < -0.39 is 23.9 Å². The van der Waals surface area contributed by atoms with E-state index in [0.29, 0.717) is 0 Å². The molecule has 15 heavy (non-hydrogen) atoms. The van der Waals surface area contributed by atoms with E-state index in [4.69, 9.17) is 11.5 Å². The predicted octanol–water partition coefficient (Wildman–Crippen LogP) is 1.52. The van der Waals surface area contributed by atoms with Crippen molar-refractivity contribution < 1.29 is 13.2 Å². The first kappa shape index (κ1) is 13.9. The molecule has 0 spiro atoms. The molecule has 1 heterocycles. The molecule has 0 saturated heterocycles. The molecule has 0 aliphatic rings. The van der Waals surface area contributed by atoms with Crippen molar-refractivity contribution in [2.75, 3.05) is 5.73 Å². The van der Waals surface area contributed by atoms with Crippen molar-refractivity contribution in [1.29, 1.82) is 0 Å². The van der Waals surface area contributed by atoms with E-state index in [9.17, 15) is 13.2 Å². The monoisotopic (exact) mass is 242 g/mol. The molecule has 0 aromatic carbocycles. The van der Waals surface area contributed by atoms with Crippen LogP contribution in [0.1, 0.15) is 24.4 Å². The molecule has 0 radical (unpaired) electrons. The molecule has 0 aliphatic heterocycles. The summed E-state index contributed by atoms with van der Waals surface area (Å²) < 4.78 is 36.7. The van der Waals surface area contributed by atoms with E-state index in [0.717, 1.165) is 6.07 Å². The highest BCUT2D eigenvalue weighted by molar-refractivity contribution is 5.85. The lowest BCUT2D eigenvalue weighted by Crippen LogP contribution is -2.15. The fraction of sp³-hybridized carbons (Fsp3) is 0.429. The second kappa shape index (κ2) is 4.63. The number of nitrogens with zero attached hydrogens (tertiary/aromatic N) is 2. The number of aromatic nitrogens is 2. The molecule has 8 heteroatoms. The summed E-state index contributed by atoms with van der Waals surface area (Å²) in [6.45, 7) is 1.52. The quantitative estimate of drug-likeness (QED) is 0.783. The second-order valence-corrected chi connectivity index (χ2v) is 2.82. The molecule has 0 aliphatic carbocycles. The maximum Gasteiger partial charge on any atom is 0.433 e. The van der Waals surface area contributed by atoms with Crippen LogP contribution in [-0.2, 0) is 6.18 Å². The Kier molecular flexibility index (Phi) is 4.29. The van der Waals surface area contributed by atoms with Gasteiger partial charge < -0.3 is 11.5 Å². The van der Waals surface area contributed by atoms with Gasteiger partial charge in [-0.15, -0.1) is 12.4 Å². The SMILES string of the molecule is C[C@@H](N)c1cc(C(F)(F)F)nc(N)n1.Cl. The van der Waals surface area contributed by atoms with Gasteiger partial charge in [0.05, 0.1) is 5.69 Å².